The Morgan fingerprint density at radius 1 is 1.45 bits per heavy atom. The summed E-state index contributed by atoms with van der Waals surface area (Å²) < 4.78 is 0. The van der Waals surface area contributed by atoms with Gasteiger partial charge >= 0.3 is 0 Å². The van der Waals surface area contributed by atoms with Crippen molar-refractivity contribution in [2.75, 3.05) is 0 Å². The molecule has 0 radical (unpaired) electrons. The molecule has 0 aliphatic carbocycles. The van der Waals surface area contributed by atoms with Gasteiger partial charge in [-0.05, 0) is 26.2 Å². The second kappa shape index (κ2) is 4.61. The van der Waals surface area contributed by atoms with Gasteiger partial charge in [0.2, 0.25) is 0 Å². The molecule has 1 atom stereocenters. The van der Waals surface area contributed by atoms with Crippen molar-refractivity contribution < 1.29 is 0 Å². The first kappa shape index (κ1) is 10.8. The Balaban J connectivity index is 4.12. The van der Waals surface area contributed by atoms with Crippen LogP contribution in [0.15, 0.2) is 0 Å². The van der Waals surface area contributed by atoms with Crippen LogP contribution in [-0.2, 0) is 0 Å². The van der Waals surface area contributed by atoms with Gasteiger partial charge in [-0.25, -0.2) is 0 Å². The zero-order chi connectivity index (χ0) is 8.91. The molecule has 0 heterocycles. The monoisotopic (exact) mass is 168 g/mol. The second-order valence-electron chi connectivity index (χ2n) is 3.79. The van der Waals surface area contributed by atoms with E-state index in [0.29, 0.717) is 0 Å². The van der Waals surface area contributed by atoms with Crippen LogP contribution in [0.4, 0.5) is 0 Å². The fourth-order valence-electron chi connectivity index (χ4n) is 1.24. The van der Waals surface area contributed by atoms with Crippen LogP contribution in [0.5, 0.6) is 0 Å². The Bertz CT molecular complexity index is 159. The Labute approximate surface area is 74.2 Å². The van der Waals surface area contributed by atoms with Crippen LogP contribution in [0.1, 0.15) is 40.5 Å². The minimum Gasteiger partial charge on any atom is -0.143 e. The van der Waals surface area contributed by atoms with Gasteiger partial charge in [0.25, 0.3) is 0 Å². The predicted molar refractivity (Wildman–Crippen MR) is 55.6 cm³/mol. The summed E-state index contributed by atoms with van der Waals surface area (Å²) >= 11 is 0. The van der Waals surface area contributed by atoms with E-state index < -0.39 is 0 Å². The summed E-state index contributed by atoms with van der Waals surface area (Å²) in [6.45, 7) is 9.03. The topological polar surface area (TPSA) is 0 Å². The first-order valence-electron chi connectivity index (χ1n) is 4.48. The Morgan fingerprint density at radius 2 is 2.00 bits per heavy atom. The molecular weight excluding hydrogens is 148 g/mol. The Morgan fingerprint density at radius 3 is 2.36 bits per heavy atom. The maximum absolute atomic E-state index is 3.32. The maximum atomic E-state index is 3.32. The molecule has 0 aromatic carbocycles. The van der Waals surface area contributed by atoms with E-state index in [9.17, 15) is 0 Å². The lowest BCUT2D eigenvalue weighted by molar-refractivity contribution is 0.301. The summed E-state index contributed by atoms with van der Waals surface area (Å²) in [5, 5.41) is 0. The lowest BCUT2D eigenvalue weighted by Gasteiger charge is -2.25. The first-order valence-corrected chi connectivity index (χ1v) is 5.48. The zero-order valence-electron chi connectivity index (χ0n) is 8.49. The van der Waals surface area contributed by atoms with Crippen LogP contribution < -0.4 is 0 Å². The number of rotatable bonds is 3. The lowest BCUT2D eigenvalue weighted by Crippen LogP contribution is -2.19. The first-order chi connectivity index (χ1) is 5.04. The summed E-state index contributed by atoms with van der Waals surface area (Å²) in [6, 6.07) is 0. The number of hydrogen-bond donors (Lipinski definition) is 0. The van der Waals surface area contributed by atoms with Crippen LogP contribution in [0, 0.1) is 22.8 Å². The van der Waals surface area contributed by atoms with Gasteiger partial charge < -0.3 is 0 Å². The summed E-state index contributed by atoms with van der Waals surface area (Å²) in [4.78, 5) is 0. The van der Waals surface area contributed by atoms with Crippen LogP contribution in [0.2, 0.25) is 0 Å². The van der Waals surface area contributed by atoms with Crippen molar-refractivity contribution >= 4 is 10.2 Å². The Kier molecular flexibility index (Phi) is 4.52. The molecule has 0 aliphatic rings. The highest BCUT2D eigenvalue weighted by Crippen LogP contribution is 2.28. The van der Waals surface area contributed by atoms with Crippen LogP contribution in [-0.4, -0.2) is 10.2 Å². The van der Waals surface area contributed by atoms with Crippen LogP contribution in [0.3, 0.4) is 0 Å². The van der Waals surface area contributed by atoms with Crippen molar-refractivity contribution in [1.82, 2.24) is 0 Å². The minimum absolute atomic E-state index is 0.234. The fraction of sp³-hybridized carbons (Fsp3) is 0.800. The van der Waals surface area contributed by atoms with E-state index in [1.54, 1.807) is 0 Å². The molecule has 0 saturated heterocycles. The van der Waals surface area contributed by atoms with Crippen molar-refractivity contribution in [3.05, 3.63) is 0 Å². The quantitative estimate of drug-likeness (QED) is 0.445. The maximum Gasteiger partial charge on any atom is 0.0906 e. The molecule has 0 spiro atoms. The molecule has 0 aromatic heterocycles. The average molecular weight is 168 g/mol. The highest BCUT2D eigenvalue weighted by Gasteiger charge is 2.21. The van der Waals surface area contributed by atoms with E-state index in [1.807, 2.05) is 0 Å². The summed E-state index contributed by atoms with van der Waals surface area (Å²) in [7, 11) is 1.01. The zero-order valence-corrected chi connectivity index (χ0v) is 10.5. The van der Waals surface area contributed by atoms with E-state index in [0.717, 1.165) is 16.2 Å². The van der Waals surface area contributed by atoms with Crippen LogP contribution >= 0.6 is 0 Å². The summed E-state index contributed by atoms with van der Waals surface area (Å²) in [5.41, 5.74) is 3.37. The van der Waals surface area contributed by atoms with Crippen LogP contribution in [0.25, 0.3) is 0 Å². The molecule has 0 saturated carbocycles. The van der Waals surface area contributed by atoms with Crippen molar-refractivity contribution in [3.8, 4) is 11.5 Å². The van der Waals surface area contributed by atoms with Gasteiger partial charge in [-0.15, -0.1) is 11.5 Å². The molecular formula is C10H20Si. The van der Waals surface area contributed by atoms with Crippen molar-refractivity contribution in [2.24, 2.45) is 11.3 Å². The van der Waals surface area contributed by atoms with Crippen molar-refractivity contribution in [2.45, 2.75) is 40.5 Å². The predicted octanol–water partition coefficient (Wildman–Crippen LogP) is 1.78. The average Bonchev–Trinajstić information content (AvgIpc) is 1.88. The highest BCUT2D eigenvalue weighted by atomic mass is 28.1. The van der Waals surface area contributed by atoms with Gasteiger partial charge in [0.15, 0.2) is 0 Å². The highest BCUT2D eigenvalue weighted by molar-refractivity contribution is 6.22. The summed E-state index contributed by atoms with van der Waals surface area (Å²) in [5.74, 6) is 4.05. The molecule has 64 valence electrons. The SMILES string of the molecule is CCCC(C)C(C)(C)C#C[SiH3]. The van der Waals surface area contributed by atoms with E-state index in [-0.39, 0.29) is 5.41 Å². The summed E-state index contributed by atoms with van der Waals surface area (Å²) in [6.07, 6.45) is 2.57. The molecule has 0 N–H and O–H groups in total. The van der Waals surface area contributed by atoms with Gasteiger partial charge in [-0.1, -0.05) is 20.3 Å². The number of hydrogen-bond acceptors (Lipinski definition) is 0. The molecule has 0 nitrogen and oxygen atoms in total. The van der Waals surface area contributed by atoms with E-state index in [1.165, 1.54) is 12.8 Å². The largest absolute Gasteiger partial charge is 0.143 e. The normalized spacial score (nSPS) is 13.8. The smallest absolute Gasteiger partial charge is 0.0906 e. The molecule has 0 rings (SSSR count). The molecule has 0 bridgehead atoms. The van der Waals surface area contributed by atoms with Crippen molar-refractivity contribution in [1.29, 1.82) is 0 Å². The van der Waals surface area contributed by atoms with E-state index in [2.05, 4.69) is 39.2 Å². The molecule has 0 amide bonds. The minimum atomic E-state index is 0.234. The molecule has 0 aromatic rings. The van der Waals surface area contributed by atoms with Crippen molar-refractivity contribution in [3.63, 3.8) is 0 Å². The van der Waals surface area contributed by atoms with E-state index in [4.69, 9.17) is 0 Å². The van der Waals surface area contributed by atoms with Gasteiger partial charge in [0.1, 0.15) is 0 Å². The Hall–Kier alpha value is -0.223. The standard InChI is InChI=1S/C10H20Si/c1-5-6-9(2)10(3,4)7-8-11/h9H,5-6H2,1-4,11H3. The van der Waals surface area contributed by atoms with Gasteiger partial charge in [-0.3, -0.25) is 0 Å². The fourth-order valence-corrected chi connectivity index (χ4v) is 1.88. The molecule has 0 fully saturated rings. The lowest BCUT2D eigenvalue weighted by atomic mass is 9.78. The van der Waals surface area contributed by atoms with Gasteiger partial charge in [0.05, 0.1) is 10.2 Å². The second-order valence-corrected chi connectivity index (χ2v) is 4.29. The third-order valence-electron chi connectivity index (χ3n) is 2.40. The molecule has 0 aliphatic heterocycles. The molecule has 11 heavy (non-hydrogen) atoms. The van der Waals surface area contributed by atoms with E-state index >= 15 is 0 Å². The van der Waals surface area contributed by atoms with Gasteiger partial charge in [-0.2, -0.15) is 0 Å². The molecule has 1 heteroatoms. The molecule has 1 unspecified atom stereocenters. The third kappa shape index (κ3) is 3.62. The van der Waals surface area contributed by atoms with Gasteiger partial charge in [0, 0.05) is 5.41 Å². The third-order valence-corrected chi connectivity index (χ3v) is 2.65.